The molecule has 0 amide bonds. The first kappa shape index (κ1) is 12.8. The SMILES string of the molecule is c1ccc(COC2CCC3C2CCC32OCCO2)cc1. The molecule has 2 saturated carbocycles. The van der Waals surface area contributed by atoms with Crippen LogP contribution in [0.3, 0.4) is 0 Å². The van der Waals surface area contributed by atoms with Gasteiger partial charge in [-0.1, -0.05) is 30.3 Å². The average molecular weight is 274 g/mol. The Labute approximate surface area is 120 Å². The van der Waals surface area contributed by atoms with E-state index in [0.717, 1.165) is 32.7 Å². The summed E-state index contributed by atoms with van der Waals surface area (Å²) in [4.78, 5) is 0. The van der Waals surface area contributed by atoms with Crippen molar-refractivity contribution < 1.29 is 14.2 Å². The molecule has 1 heterocycles. The highest BCUT2D eigenvalue weighted by molar-refractivity contribution is 5.13. The van der Waals surface area contributed by atoms with Crippen molar-refractivity contribution in [1.29, 1.82) is 0 Å². The van der Waals surface area contributed by atoms with Gasteiger partial charge >= 0.3 is 0 Å². The summed E-state index contributed by atoms with van der Waals surface area (Å²) in [5.74, 6) is 0.915. The molecule has 3 heteroatoms. The second-order valence-electron chi connectivity index (χ2n) is 6.23. The molecule has 1 spiro atoms. The van der Waals surface area contributed by atoms with Crippen molar-refractivity contribution in [3.05, 3.63) is 35.9 Å². The average Bonchev–Trinajstić information content (AvgIpc) is 3.19. The predicted molar refractivity (Wildman–Crippen MR) is 75.1 cm³/mol. The predicted octanol–water partition coefficient (Wildman–Crippen LogP) is 3.13. The molecule has 1 aromatic carbocycles. The third-order valence-corrected chi connectivity index (χ3v) is 5.23. The fourth-order valence-corrected chi connectivity index (χ4v) is 4.33. The summed E-state index contributed by atoms with van der Waals surface area (Å²) in [6, 6.07) is 10.4. The number of ether oxygens (including phenoxy) is 3. The van der Waals surface area contributed by atoms with Gasteiger partial charge in [0, 0.05) is 12.3 Å². The van der Waals surface area contributed by atoms with Crippen LogP contribution in [0.2, 0.25) is 0 Å². The lowest BCUT2D eigenvalue weighted by molar-refractivity contribution is -0.184. The van der Waals surface area contributed by atoms with E-state index in [4.69, 9.17) is 14.2 Å². The minimum absolute atomic E-state index is 0.254. The Morgan fingerprint density at radius 2 is 1.85 bits per heavy atom. The largest absolute Gasteiger partial charge is 0.373 e. The highest BCUT2D eigenvalue weighted by atomic mass is 16.7. The molecule has 3 unspecified atom stereocenters. The molecular formula is C17H22O3. The van der Waals surface area contributed by atoms with Gasteiger partial charge in [0.1, 0.15) is 0 Å². The highest BCUT2D eigenvalue weighted by Gasteiger charge is 2.57. The van der Waals surface area contributed by atoms with Gasteiger partial charge in [-0.05, 0) is 30.7 Å². The van der Waals surface area contributed by atoms with Gasteiger partial charge in [-0.15, -0.1) is 0 Å². The summed E-state index contributed by atoms with van der Waals surface area (Å²) in [5, 5.41) is 0. The minimum Gasteiger partial charge on any atom is -0.373 e. The first-order chi connectivity index (χ1) is 9.87. The van der Waals surface area contributed by atoms with Crippen LogP contribution in [0.4, 0.5) is 0 Å². The molecule has 2 aliphatic carbocycles. The number of hydrogen-bond donors (Lipinski definition) is 0. The normalized spacial score (nSPS) is 34.7. The van der Waals surface area contributed by atoms with Crippen LogP contribution >= 0.6 is 0 Å². The van der Waals surface area contributed by atoms with Gasteiger partial charge in [-0.2, -0.15) is 0 Å². The maximum absolute atomic E-state index is 6.19. The van der Waals surface area contributed by atoms with Crippen molar-refractivity contribution in [1.82, 2.24) is 0 Å². The minimum atomic E-state index is -0.254. The van der Waals surface area contributed by atoms with Crippen LogP contribution in [0.1, 0.15) is 31.2 Å². The van der Waals surface area contributed by atoms with E-state index in [2.05, 4.69) is 24.3 Å². The van der Waals surface area contributed by atoms with Gasteiger partial charge in [0.05, 0.1) is 25.9 Å². The fraction of sp³-hybridized carbons (Fsp3) is 0.647. The zero-order valence-corrected chi connectivity index (χ0v) is 11.8. The van der Waals surface area contributed by atoms with Crippen LogP contribution < -0.4 is 0 Å². The molecule has 3 fully saturated rings. The summed E-state index contributed by atoms with van der Waals surface area (Å²) >= 11 is 0. The van der Waals surface area contributed by atoms with Crippen molar-refractivity contribution in [2.24, 2.45) is 11.8 Å². The topological polar surface area (TPSA) is 27.7 Å². The first-order valence-corrected chi connectivity index (χ1v) is 7.81. The second kappa shape index (κ2) is 5.14. The molecule has 20 heavy (non-hydrogen) atoms. The van der Waals surface area contributed by atoms with Crippen LogP contribution in [0, 0.1) is 11.8 Å². The van der Waals surface area contributed by atoms with Gasteiger partial charge in [-0.3, -0.25) is 0 Å². The van der Waals surface area contributed by atoms with E-state index in [1.54, 1.807) is 0 Å². The number of benzene rings is 1. The smallest absolute Gasteiger partial charge is 0.171 e. The van der Waals surface area contributed by atoms with Gasteiger partial charge in [0.2, 0.25) is 0 Å². The van der Waals surface area contributed by atoms with E-state index < -0.39 is 0 Å². The molecular weight excluding hydrogens is 252 g/mol. The monoisotopic (exact) mass is 274 g/mol. The van der Waals surface area contributed by atoms with Gasteiger partial charge in [0.15, 0.2) is 5.79 Å². The van der Waals surface area contributed by atoms with Gasteiger partial charge < -0.3 is 14.2 Å². The molecule has 0 bridgehead atoms. The lowest BCUT2D eigenvalue weighted by Gasteiger charge is -2.28. The van der Waals surface area contributed by atoms with E-state index in [1.807, 2.05) is 6.07 Å². The number of rotatable bonds is 3. The van der Waals surface area contributed by atoms with Gasteiger partial charge in [-0.25, -0.2) is 0 Å². The lowest BCUT2D eigenvalue weighted by atomic mass is 9.96. The van der Waals surface area contributed by atoms with Crippen molar-refractivity contribution in [2.45, 2.75) is 44.2 Å². The van der Waals surface area contributed by atoms with Crippen molar-refractivity contribution in [2.75, 3.05) is 13.2 Å². The molecule has 1 saturated heterocycles. The molecule has 1 aromatic rings. The molecule has 1 aliphatic heterocycles. The second-order valence-corrected chi connectivity index (χ2v) is 6.23. The summed E-state index contributed by atoms with van der Waals surface area (Å²) < 4.78 is 18.1. The van der Waals surface area contributed by atoms with Crippen molar-refractivity contribution in [3.8, 4) is 0 Å². The van der Waals surface area contributed by atoms with Crippen LogP contribution in [-0.2, 0) is 20.8 Å². The molecule has 0 aromatic heterocycles. The Balaban J connectivity index is 1.40. The Morgan fingerprint density at radius 1 is 1.05 bits per heavy atom. The molecule has 0 N–H and O–H groups in total. The molecule has 3 aliphatic rings. The standard InChI is InChI=1S/C17H22O3/c1-2-4-13(5-3-1)12-18-16-7-6-15-14(16)8-9-17(15)19-10-11-20-17/h1-5,14-16H,6-12H2. The maximum Gasteiger partial charge on any atom is 0.171 e. The Bertz CT molecular complexity index is 453. The van der Waals surface area contributed by atoms with E-state index >= 15 is 0 Å². The van der Waals surface area contributed by atoms with Crippen LogP contribution in [0.5, 0.6) is 0 Å². The zero-order valence-electron chi connectivity index (χ0n) is 11.8. The Morgan fingerprint density at radius 3 is 2.65 bits per heavy atom. The molecule has 0 radical (unpaired) electrons. The van der Waals surface area contributed by atoms with E-state index in [9.17, 15) is 0 Å². The maximum atomic E-state index is 6.19. The zero-order chi connectivity index (χ0) is 13.4. The molecule has 3 atom stereocenters. The summed E-state index contributed by atoms with van der Waals surface area (Å²) in [7, 11) is 0. The third-order valence-electron chi connectivity index (χ3n) is 5.23. The van der Waals surface area contributed by atoms with Crippen molar-refractivity contribution >= 4 is 0 Å². The summed E-state index contributed by atoms with van der Waals surface area (Å²) in [5.41, 5.74) is 1.26. The lowest BCUT2D eigenvalue weighted by Crippen LogP contribution is -2.35. The van der Waals surface area contributed by atoms with E-state index in [-0.39, 0.29) is 5.79 Å². The van der Waals surface area contributed by atoms with Crippen LogP contribution in [0.25, 0.3) is 0 Å². The third kappa shape index (κ3) is 2.09. The molecule has 4 rings (SSSR count). The van der Waals surface area contributed by atoms with Gasteiger partial charge in [0.25, 0.3) is 0 Å². The fourth-order valence-electron chi connectivity index (χ4n) is 4.33. The molecule has 3 nitrogen and oxygen atoms in total. The van der Waals surface area contributed by atoms with E-state index in [0.29, 0.717) is 17.9 Å². The number of hydrogen-bond acceptors (Lipinski definition) is 3. The highest BCUT2D eigenvalue weighted by Crippen LogP contribution is 2.54. The van der Waals surface area contributed by atoms with E-state index in [1.165, 1.54) is 18.4 Å². The quantitative estimate of drug-likeness (QED) is 0.847. The van der Waals surface area contributed by atoms with Crippen LogP contribution in [0.15, 0.2) is 30.3 Å². The Kier molecular flexibility index (Phi) is 3.29. The molecule has 108 valence electrons. The summed E-state index contributed by atoms with van der Waals surface area (Å²) in [6.07, 6.45) is 4.95. The Hall–Kier alpha value is -0.900. The van der Waals surface area contributed by atoms with Crippen LogP contribution in [-0.4, -0.2) is 25.1 Å². The van der Waals surface area contributed by atoms with Crippen molar-refractivity contribution in [3.63, 3.8) is 0 Å². The first-order valence-electron chi connectivity index (χ1n) is 7.81. The summed E-state index contributed by atoms with van der Waals surface area (Å²) in [6.45, 7) is 2.25. The number of fused-ring (bicyclic) bond motifs is 2.